The Bertz CT molecular complexity index is 1460. The molecule has 2 N–H and O–H groups in total. The first-order valence-corrected chi connectivity index (χ1v) is 11.5. The highest BCUT2D eigenvalue weighted by atomic mass is 32.2. The lowest BCUT2D eigenvalue weighted by Crippen LogP contribution is -2.21. The Balaban J connectivity index is 2.12. The van der Waals surface area contributed by atoms with Gasteiger partial charge in [-0.05, 0) is 49.2 Å². The minimum absolute atomic E-state index is 0.0347. The first kappa shape index (κ1) is 25.5. The van der Waals surface area contributed by atoms with Crippen LogP contribution in [0.3, 0.4) is 0 Å². The zero-order chi connectivity index (χ0) is 26.1. The minimum atomic E-state index is -4.96. The molecule has 2 heterocycles. The van der Waals surface area contributed by atoms with E-state index >= 15 is 0 Å². The van der Waals surface area contributed by atoms with Crippen molar-refractivity contribution in [2.75, 3.05) is 11.6 Å². The molecule has 0 aliphatic rings. The highest BCUT2D eigenvalue weighted by molar-refractivity contribution is 7.91. The monoisotopic (exact) mass is 508 g/mol. The third-order valence-corrected chi connectivity index (χ3v) is 5.81. The fourth-order valence-corrected chi connectivity index (χ4v) is 3.71. The third kappa shape index (κ3) is 5.52. The number of hydrogen-bond acceptors (Lipinski definition) is 8. The number of hydrogen-bond donors (Lipinski definition) is 2. The zero-order valence-electron chi connectivity index (χ0n) is 18.3. The van der Waals surface area contributed by atoms with E-state index in [1.54, 1.807) is 6.07 Å². The number of anilines is 1. The van der Waals surface area contributed by atoms with Gasteiger partial charge in [0, 0.05) is 16.8 Å². The Hall–Kier alpha value is -4.12. The number of pyridine rings is 1. The normalized spacial score (nSPS) is 13.0. The van der Waals surface area contributed by atoms with E-state index in [0.29, 0.717) is 0 Å². The van der Waals surface area contributed by atoms with Crippen LogP contribution in [0.1, 0.15) is 32.9 Å². The van der Waals surface area contributed by atoms with Gasteiger partial charge in [-0.15, -0.1) is 10.2 Å². The van der Waals surface area contributed by atoms with Crippen LogP contribution in [-0.2, 0) is 15.9 Å². The molecular formula is C21H16F4N6O3S. The molecule has 9 nitrogen and oxygen atoms in total. The molecule has 1 amide bonds. The predicted molar refractivity (Wildman–Crippen MR) is 115 cm³/mol. The Morgan fingerprint density at radius 3 is 2.49 bits per heavy atom. The lowest BCUT2D eigenvalue weighted by molar-refractivity contribution is -0.142. The van der Waals surface area contributed by atoms with Crippen molar-refractivity contribution in [1.29, 1.82) is 10.0 Å². The molecule has 0 saturated heterocycles. The number of nitrogens with zero attached hydrogens (tertiary/aromatic N) is 4. The number of carbonyl (C=O) groups excluding carboxylic acids is 1. The van der Waals surface area contributed by atoms with Gasteiger partial charge in [0.25, 0.3) is 17.7 Å². The van der Waals surface area contributed by atoms with Gasteiger partial charge in [-0.1, -0.05) is 6.07 Å². The van der Waals surface area contributed by atoms with Crippen LogP contribution in [0.15, 0.2) is 35.2 Å². The Kier molecular flexibility index (Phi) is 6.75. The van der Waals surface area contributed by atoms with Crippen molar-refractivity contribution in [1.82, 2.24) is 15.2 Å². The maximum atomic E-state index is 14.4. The molecule has 14 heteroatoms. The van der Waals surface area contributed by atoms with Crippen molar-refractivity contribution in [2.45, 2.75) is 24.9 Å². The third-order valence-electron chi connectivity index (χ3n) is 4.65. The summed E-state index contributed by atoms with van der Waals surface area (Å²) in [6.07, 6.45) is -3.80. The van der Waals surface area contributed by atoms with E-state index in [1.807, 2.05) is 0 Å². The van der Waals surface area contributed by atoms with Crippen LogP contribution in [0.2, 0.25) is 0 Å². The molecule has 35 heavy (non-hydrogen) atoms. The van der Waals surface area contributed by atoms with Gasteiger partial charge in [-0.25, -0.2) is 14.0 Å². The summed E-state index contributed by atoms with van der Waals surface area (Å²) in [6, 6.07) is 8.22. The molecule has 0 spiro atoms. The molecule has 0 fully saturated rings. The van der Waals surface area contributed by atoms with Gasteiger partial charge in [0.15, 0.2) is 11.4 Å². The second-order valence-corrected chi connectivity index (χ2v) is 9.49. The van der Waals surface area contributed by atoms with Gasteiger partial charge in [0.2, 0.25) is 0 Å². The Morgan fingerprint density at radius 2 is 1.91 bits per heavy atom. The molecule has 0 aliphatic carbocycles. The Morgan fingerprint density at radius 1 is 1.23 bits per heavy atom. The van der Waals surface area contributed by atoms with E-state index in [9.17, 15) is 26.6 Å². The summed E-state index contributed by atoms with van der Waals surface area (Å²) >= 11 is 0. The van der Waals surface area contributed by atoms with E-state index in [1.165, 1.54) is 37.3 Å². The summed E-state index contributed by atoms with van der Waals surface area (Å²) in [6.45, 7) is 2.33. The molecule has 0 bridgehead atoms. The van der Waals surface area contributed by atoms with Crippen LogP contribution in [0.4, 0.5) is 23.2 Å². The maximum absolute atomic E-state index is 14.4. The van der Waals surface area contributed by atoms with Gasteiger partial charge >= 0.3 is 6.18 Å². The molecule has 1 atom stereocenters. The van der Waals surface area contributed by atoms with E-state index in [0.717, 1.165) is 13.2 Å². The largest absolute Gasteiger partial charge is 0.435 e. The fraction of sp³-hybridized carbons (Fsp3) is 0.190. The minimum Gasteiger partial charge on any atom is -0.432 e. The molecule has 0 aliphatic heterocycles. The Labute approximate surface area is 196 Å². The molecule has 0 saturated carbocycles. The average Bonchev–Trinajstić information content (AvgIpc) is 2.74. The highest BCUT2D eigenvalue weighted by Crippen LogP contribution is 2.36. The number of carbonyl (C=O) groups is 1. The highest BCUT2D eigenvalue weighted by Gasteiger charge is 2.38. The van der Waals surface area contributed by atoms with Gasteiger partial charge in [-0.3, -0.25) is 4.79 Å². The summed E-state index contributed by atoms with van der Waals surface area (Å²) < 4.78 is 79.8. The zero-order valence-corrected chi connectivity index (χ0v) is 19.1. The van der Waals surface area contributed by atoms with Crippen molar-refractivity contribution in [3.05, 3.63) is 64.4 Å². The number of nitriles is 1. The first-order valence-electron chi connectivity index (χ1n) is 9.57. The number of aromatic nitrogens is 3. The lowest BCUT2D eigenvalue weighted by atomic mass is 10.1. The number of halogens is 4. The molecule has 1 aromatic carbocycles. The summed E-state index contributed by atoms with van der Waals surface area (Å²) in [5.74, 6) is -3.65. The molecule has 2 aromatic heterocycles. The van der Waals surface area contributed by atoms with Gasteiger partial charge in [-0.2, -0.15) is 22.8 Å². The quantitative estimate of drug-likeness (QED) is 0.379. The first-order chi connectivity index (χ1) is 16.2. The van der Waals surface area contributed by atoms with Crippen LogP contribution in [0.25, 0.3) is 0 Å². The van der Waals surface area contributed by atoms with Crippen LogP contribution >= 0.6 is 0 Å². The topological polar surface area (TPSA) is 142 Å². The van der Waals surface area contributed by atoms with E-state index < -0.39 is 56.2 Å². The van der Waals surface area contributed by atoms with Crippen molar-refractivity contribution < 1.29 is 31.3 Å². The SMILES string of the molecule is Cc1cc(C#N)nc(F)c1Oc1nnc(C(F)(F)F)c(C)c1C(=O)Nc1cccc(S(C)(=N)=O)c1. The fourth-order valence-electron chi connectivity index (χ4n) is 3.02. The predicted octanol–water partition coefficient (Wildman–Crippen LogP) is 4.60. The molecule has 1 unspecified atom stereocenters. The molecule has 0 radical (unpaired) electrons. The summed E-state index contributed by atoms with van der Waals surface area (Å²) in [7, 11) is -3.14. The molecular weight excluding hydrogens is 492 g/mol. The van der Waals surface area contributed by atoms with E-state index in [2.05, 4.69) is 20.5 Å². The molecule has 182 valence electrons. The van der Waals surface area contributed by atoms with Gasteiger partial charge < -0.3 is 10.1 Å². The number of nitrogens with one attached hydrogen (secondary N) is 2. The second-order valence-electron chi connectivity index (χ2n) is 7.34. The molecule has 3 aromatic rings. The average molecular weight is 508 g/mol. The van der Waals surface area contributed by atoms with Crippen LogP contribution in [-0.4, -0.2) is 31.6 Å². The number of aryl methyl sites for hydroxylation is 1. The summed E-state index contributed by atoms with van der Waals surface area (Å²) in [5.41, 5.74) is -2.95. The number of rotatable bonds is 5. The van der Waals surface area contributed by atoms with Gasteiger partial charge in [0.05, 0.1) is 9.73 Å². The smallest absolute Gasteiger partial charge is 0.432 e. The van der Waals surface area contributed by atoms with Crippen molar-refractivity contribution >= 4 is 21.3 Å². The van der Waals surface area contributed by atoms with Crippen LogP contribution in [0, 0.1) is 35.9 Å². The number of ether oxygens (including phenoxy) is 1. The number of amides is 1. The maximum Gasteiger partial charge on any atom is 0.435 e. The standard InChI is InChI=1S/C21H16F4N6O3S/c1-10-7-13(9-26)28-18(22)16(10)34-20-15(11(2)17(30-31-20)21(23,24)25)19(32)29-12-5-4-6-14(8-12)35(3,27)33/h4-8,27H,1-3H3,(H,29,32). The van der Waals surface area contributed by atoms with E-state index in [-0.39, 0.29) is 21.8 Å². The van der Waals surface area contributed by atoms with Crippen LogP contribution < -0.4 is 10.1 Å². The summed E-state index contributed by atoms with van der Waals surface area (Å²) in [4.78, 5) is 16.5. The number of benzene rings is 1. The van der Waals surface area contributed by atoms with Gasteiger partial charge in [0.1, 0.15) is 17.3 Å². The molecule has 3 rings (SSSR count). The lowest BCUT2D eigenvalue weighted by Gasteiger charge is -2.17. The van der Waals surface area contributed by atoms with Crippen molar-refractivity contribution in [2.24, 2.45) is 0 Å². The number of alkyl halides is 3. The van der Waals surface area contributed by atoms with E-state index in [4.69, 9.17) is 14.8 Å². The summed E-state index contributed by atoms with van der Waals surface area (Å²) in [5, 5.41) is 17.7. The second kappa shape index (κ2) is 9.26. The van der Waals surface area contributed by atoms with Crippen LogP contribution in [0.5, 0.6) is 11.6 Å². The van der Waals surface area contributed by atoms with Crippen molar-refractivity contribution in [3.8, 4) is 17.7 Å². The van der Waals surface area contributed by atoms with Crippen molar-refractivity contribution in [3.63, 3.8) is 0 Å².